The molecule has 0 unspecified atom stereocenters. The quantitative estimate of drug-likeness (QED) is 0.137. The molecular formula is C66H43NS. The van der Waals surface area contributed by atoms with Gasteiger partial charge < -0.3 is 4.90 Å². The monoisotopic (exact) mass is 881 g/mol. The highest BCUT2D eigenvalue weighted by Gasteiger charge is 2.20. The first-order chi connectivity index (χ1) is 33.7. The highest BCUT2D eigenvalue weighted by Crippen LogP contribution is 2.47. The van der Waals surface area contributed by atoms with E-state index in [2.05, 4.69) is 266 Å². The Kier molecular flexibility index (Phi) is 9.77. The molecule has 13 rings (SSSR count). The fraction of sp³-hybridized carbons (Fsp3) is 0. The fourth-order valence-corrected chi connectivity index (χ4v) is 11.6. The van der Waals surface area contributed by atoms with E-state index >= 15 is 0 Å². The minimum absolute atomic E-state index is 1.09. The second-order valence-electron chi connectivity index (χ2n) is 17.6. The first-order valence-electron chi connectivity index (χ1n) is 23.3. The van der Waals surface area contributed by atoms with Crippen LogP contribution < -0.4 is 4.90 Å². The lowest BCUT2D eigenvalue weighted by Crippen LogP contribution is -2.09. The van der Waals surface area contributed by atoms with Crippen LogP contribution in [0.25, 0.3) is 108 Å². The first-order valence-corrected chi connectivity index (χ1v) is 24.1. The van der Waals surface area contributed by atoms with Gasteiger partial charge in [-0.15, -0.1) is 11.3 Å². The highest BCUT2D eigenvalue weighted by molar-refractivity contribution is 7.26. The van der Waals surface area contributed by atoms with Gasteiger partial charge in [0.1, 0.15) is 0 Å². The van der Waals surface area contributed by atoms with Crippen molar-refractivity contribution in [3.63, 3.8) is 0 Å². The zero-order valence-electron chi connectivity index (χ0n) is 37.2. The molecule has 0 saturated heterocycles. The summed E-state index contributed by atoms with van der Waals surface area (Å²) in [6.45, 7) is 0. The van der Waals surface area contributed by atoms with Gasteiger partial charge in [-0.2, -0.15) is 0 Å². The first kappa shape index (κ1) is 39.8. The number of thiophene rings is 1. The summed E-state index contributed by atoms with van der Waals surface area (Å²) in [7, 11) is 0. The third kappa shape index (κ3) is 6.93. The third-order valence-electron chi connectivity index (χ3n) is 13.7. The molecule has 0 aliphatic carbocycles. The Morgan fingerprint density at radius 3 is 1.38 bits per heavy atom. The number of hydrogen-bond acceptors (Lipinski definition) is 2. The van der Waals surface area contributed by atoms with Crippen LogP contribution in [-0.4, -0.2) is 0 Å². The van der Waals surface area contributed by atoms with Gasteiger partial charge in [-0.05, 0) is 143 Å². The van der Waals surface area contributed by atoms with Crippen molar-refractivity contribution >= 4 is 80.9 Å². The second kappa shape index (κ2) is 16.7. The molecule has 0 aliphatic rings. The van der Waals surface area contributed by atoms with Crippen LogP contribution in [0.2, 0.25) is 0 Å². The van der Waals surface area contributed by atoms with Gasteiger partial charge in [0.05, 0.1) is 0 Å². The third-order valence-corrected chi connectivity index (χ3v) is 14.9. The van der Waals surface area contributed by atoms with Crippen molar-refractivity contribution in [1.29, 1.82) is 0 Å². The van der Waals surface area contributed by atoms with E-state index < -0.39 is 0 Å². The van der Waals surface area contributed by atoms with Gasteiger partial charge in [0.2, 0.25) is 0 Å². The molecule has 13 aromatic rings. The summed E-state index contributed by atoms with van der Waals surface area (Å²) in [5.41, 5.74) is 15.5. The summed E-state index contributed by atoms with van der Waals surface area (Å²) >= 11 is 1.88. The van der Waals surface area contributed by atoms with E-state index in [4.69, 9.17) is 0 Å². The molecule has 0 bridgehead atoms. The Bertz CT molecular complexity index is 3980. The SMILES string of the molecule is c1ccc(-c2c(-c3ccccc3)c3cc(-c4ccc(N(c5ccc(-c6ccc7ccccc7c6)cc5)c5ccc(-c6cccc7c6sc6ccccc67)cc5)cc4)ccc3c3ccccc23)cc1. The van der Waals surface area contributed by atoms with Gasteiger partial charge in [-0.25, -0.2) is 0 Å². The minimum atomic E-state index is 1.09. The van der Waals surface area contributed by atoms with Crippen LogP contribution in [0.4, 0.5) is 17.1 Å². The maximum Gasteiger partial charge on any atom is 0.0462 e. The lowest BCUT2D eigenvalue weighted by atomic mass is 9.84. The molecular weight excluding hydrogens is 839 g/mol. The number of nitrogens with zero attached hydrogens (tertiary/aromatic N) is 1. The molecule has 68 heavy (non-hydrogen) atoms. The molecule has 12 aromatic carbocycles. The summed E-state index contributed by atoms with van der Waals surface area (Å²) in [6.07, 6.45) is 0. The minimum Gasteiger partial charge on any atom is -0.311 e. The predicted molar refractivity (Wildman–Crippen MR) is 294 cm³/mol. The van der Waals surface area contributed by atoms with Gasteiger partial charge in [-0.3, -0.25) is 0 Å². The average molecular weight is 882 g/mol. The van der Waals surface area contributed by atoms with Gasteiger partial charge >= 0.3 is 0 Å². The lowest BCUT2D eigenvalue weighted by Gasteiger charge is -2.26. The van der Waals surface area contributed by atoms with Crippen molar-refractivity contribution in [2.75, 3.05) is 4.90 Å². The Balaban J connectivity index is 0.920. The molecule has 1 nitrogen and oxygen atoms in total. The van der Waals surface area contributed by atoms with Crippen LogP contribution in [0.3, 0.4) is 0 Å². The van der Waals surface area contributed by atoms with Crippen LogP contribution in [-0.2, 0) is 0 Å². The van der Waals surface area contributed by atoms with E-state index in [1.54, 1.807) is 0 Å². The van der Waals surface area contributed by atoms with Crippen molar-refractivity contribution in [3.05, 3.63) is 261 Å². The van der Waals surface area contributed by atoms with E-state index in [0.29, 0.717) is 0 Å². The number of benzene rings is 12. The summed E-state index contributed by atoms with van der Waals surface area (Å²) in [5.74, 6) is 0. The van der Waals surface area contributed by atoms with Crippen molar-refractivity contribution in [1.82, 2.24) is 0 Å². The Hall–Kier alpha value is -8.56. The number of fused-ring (bicyclic) bond motifs is 7. The average Bonchev–Trinajstić information content (AvgIpc) is 3.80. The lowest BCUT2D eigenvalue weighted by molar-refractivity contribution is 1.28. The van der Waals surface area contributed by atoms with Gasteiger partial charge in [0, 0.05) is 37.2 Å². The second-order valence-corrected chi connectivity index (χ2v) is 18.7. The van der Waals surface area contributed by atoms with E-state index in [1.807, 2.05) is 11.3 Å². The molecule has 1 heterocycles. The molecule has 0 N–H and O–H groups in total. The Morgan fingerprint density at radius 1 is 0.250 bits per heavy atom. The van der Waals surface area contributed by atoms with Crippen molar-refractivity contribution in [2.45, 2.75) is 0 Å². The topological polar surface area (TPSA) is 3.24 Å². The summed E-state index contributed by atoms with van der Waals surface area (Å²) in [5, 5.41) is 10.1. The van der Waals surface area contributed by atoms with Crippen LogP contribution in [0.15, 0.2) is 261 Å². The molecule has 0 amide bonds. The normalized spacial score (nSPS) is 11.5. The predicted octanol–water partition coefficient (Wildman–Crippen LogP) is 19.3. The Labute approximate surface area is 400 Å². The van der Waals surface area contributed by atoms with Crippen molar-refractivity contribution < 1.29 is 0 Å². The van der Waals surface area contributed by atoms with Crippen molar-refractivity contribution in [3.8, 4) is 55.6 Å². The molecule has 2 heteroatoms. The molecule has 0 saturated carbocycles. The van der Waals surface area contributed by atoms with E-state index in [9.17, 15) is 0 Å². The summed E-state index contributed by atoms with van der Waals surface area (Å²) in [4.78, 5) is 2.38. The molecule has 0 spiro atoms. The van der Waals surface area contributed by atoms with Crippen molar-refractivity contribution in [2.24, 2.45) is 0 Å². The largest absolute Gasteiger partial charge is 0.311 e. The highest BCUT2D eigenvalue weighted by atomic mass is 32.1. The van der Waals surface area contributed by atoms with E-state index in [1.165, 1.54) is 108 Å². The van der Waals surface area contributed by atoms with Crippen LogP contribution in [0.1, 0.15) is 0 Å². The number of rotatable bonds is 8. The zero-order valence-corrected chi connectivity index (χ0v) is 38.0. The number of anilines is 3. The van der Waals surface area contributed by atoms with E-state index in [0.717, 1.165) is 17.1 Å². The molecule has 0 atom stereocenters. The van der Waals surface area contributed by atoms with Gasteiger partial charge in [-0.1, -0.05) is 206 Å². The molecule has 0 radical (unpaired) electrons. The Morgan fingerprint density at radius 2 is 0.721 bits per heavy atom. The molecule has 1 aromatic heterocycles. The maximum absolute atomic E-state index is 2.41. The standard InChI is InChI=1S/C66H43NS/c1-3-15-48(16-4-1)64-60-22-10-9-20-57(60)58-41-34-52(43-62(58)65(64)49-17-5-2-6-18-49)46-30-37-54(38-31-46)67(53-35-28-45(29-36-53)51-27-26-44-14-7-8-19-50(44)42-51)55-39-32-47(33-40-55)56-23-13-24-61-59-21-11-12-25-63(59)68-66(56)61/h1-43H. The van der Waals surface area contributed by atoms with E-state index in [-0.39, 0.29) is 0 Å². The summed E-state index contributed by atoms with van der Waals surface area (Å²) < 4.78 is 2.64. The molecule has 0 fully saturated rings. The number of hydrogen-bond donors (Lipinski definition) is 0. The molecule has 318 valence electrons. The smallest absolute Gasteiger partial charge is 0.0462 e. The van der Waals surface area contributed by atoms with Gasteiger partial charge in [0.25, 0.3) is 0 Å². The zero-order chi connectivity index (χ0) is 45.0. The molecule has 0 aliphatic heterocycles. The van der Waals surface area contributed by atoms with Crippen LogP contribution >= 0.6 is 11.3 Å². The van der Waals surface area contributed by atoms with Crippen LogP contribution in [0, 0.1) is 0 Å². The van der Waals surface area contributed by atoms with Gasteiger partial charge in [0.15, 0.2) is 0 Å². The fourth-order valence-electron chi connectivity index (χ4n) is 10.4. The van der Waals surface area contributed by atoms with Crippen LogP contribution in [0.5, 0.6) is 0 Å². The summed E-state index contributed by atoms with van der Waals surface area (Å²) in [6, 6.07) is 95.7. The maximum atomic E-state index is 2.41.